The summed E-state index contributed by atoms with van der Waals surface area (Å²) in [6.07, 6.45) is 0. The van der Waals surface area contributed by atoms with Crippen molar-refractivity contribution in [2.24, 2.45) is 0 Å². The van der Waals surface area contributed by atoms with Gasteiger partial charge in [-0.1, -0.05) is 231 Å². The fraction of sp³-hybridized carbons (Fsp3) is 0.0141. The third-order valence-electron chi connectivity index (χ3n) is 15.1. The zero-order chi connectivity index (χ0) is 48.3. The molecular weight excluding hydrogens is 883 g/mol. The molecule has 73 heavy (non-hydrogen) atoms. The molecule has 0 saturated carbocycles. The molecule has 0 radical (unpaired) electrons. The molecule has 1 aliphatic carbocycles. The van der Waals surface area contributed by atoms with E-state index < -0.39 is 5.41 Å². The van der Waals surface area contributed by atoms with Gasteiger partial charge in [-0.2, -0.15) is 0 Å². The number of para-hydroxylation sites is 1. The fourth-order valence-corrected chi connectivity index (χ4v) is 11.9. The monoisotopic (exact) mass is 929 g/mol. The number of furan rings is 1. The molecule has 0 bridgehead atoms. The van der Waals surface area contributed by atoms with Crippen molar-refractivity contribution < 1.29 is 4.42 Å². The molecule has 0 spiro atoms. The zero-order valence-corrected chi connectivity index (χ0v) is 40.0. The van der Waals surface area contributed by atoms with Crippen LogP contribution in [-0.2, 0) is 5.41 Å². The third kappa shape index (κ3) is 6.94. The van der Waals surface area contributed by atoms with Crippen LogP contribution in [0, 0.1) is 0 Å². The molecule has 0 atom stereocenters. The van der Waals surface area contributed by atoms with Crippen molar-refractivity contribution in [1.82, 2.24) is 0 Å². The highest BCUT2D eigenvalue weighted by Gasteiger charge is 2.47. The van der Waals surface area contributed by atoms with E-state index in [0.29, 0.717) is 0 Å². The van der Waals surface area contributed by atoms with E-state index >= 15 is 0 Å². The van der Waals surface area contributed by atoms with Crippen molar-refractivity contribution in [2.75, 3.05) is 4.90 Å². The Balaban J connectivity index is 0.986. The average Bonchev–Trinajstić information content (AvgIpc) is 4.05. The summed E-state index contributed by atoms with van der Waals surface area (Å²) in [5.74, 6) is 0. The topological polar surface area (TPSA) is 16.4 Å². The third-order valence-corrected chi connectivity index (χ3v) is 15.1. The minimum atomic E-state index is -0.556. The Bertz CT molecular complexity index is 4140. The van der Waals surface area contributed by atoms with Crippen LogP contribution in [0.1, 0.15) is 22.3 Å². The normalized spacial score (nSPS) is 12.5. The number of benzene rings is 12. The number of hydrogen-bond donors (Lipinski definition) is 0. The number of hydrogen-bond acceptors (Lipinski definition) is 2. The highest BCUT2D eigenvalue weighted by Crippen LogP contribution is 2.60. The first kappa shape index (κ1) is 42.4. The SMILES string of the molecule is c1ccc(-c2ccc(-c3ccc(N(c4ccccc4-c4ccc5oc6cc7ccccc7cc6c5c4)c4cccc5c4-c4ccccc4C5(c4ccccc4)c4ccccc4)cc3)cc2-c2ccccc2)cc1. The molecule has 1 aliphatic rings. The van der Waals surface area contributed by atoms with Crippen LogP contribution in [-0.4, -0.2) is 0 Å². The summed E-state index contributed by atoms with van der Waals surface area (Å²) >= 11 is 0. The van der Waals surface area contributed by atoms with Crippen molar-refractivity contribution in [2.45, 2.75) is 5.41 Å². The van der Waals surface area contributed by atoms with Gasteiger partial charge in [0.25, 0.3) is 0 Å². The van der Waals surface area contributed by atoms with Crippen LogP contribution in [0.5, 0.6) is 0 Å². The van der Waals surface area contributed by atoms with Gasteiger partial charge in [-0.25, -0.2) is 0 Å². The predicted octanol–water partition coefficient (Wildman–Crippen LogP) is 19.2. The lowest BCUT2D eigenvalue weighted by Gasteiger charge is -2.34. The molecule has 1 aromatic heterocycles. The summed E-state index contributed by atoms with van der Waals surface area (Å²) in [4.78, 5) is 2.50. The molecule has 0 fully saturated rings. The Kier molecular flexibility index (Phi) is 10.1. The van der Waals surface area contributed by atoms with Crippen LogP contribution in [0.3, 0.4) is 0 Å². The standard InChI is InChI=1S/C71H47NO/c1-5-20-49(21-6-1)58-42-38-53(44-61(58)50-22-7-2-8-23-50)48-36-40-57(41-37-48)72(66-34-18-16-30-59(66)54-39-43-68-62(46-54)63-45-51-24-13-14-25-52(51)47-69(63)73-68)67-35-19-33-65-70(67)60-31-15-17-32-64(60)71(65,55-26-9-3-10-27-55)56-28-11-4-12-29-56/h1-47H. The van der Waals surface area contributed by atoms with E-state index in [0.717, 1.165) is 61.3 Å². The summed E-state index contributed by atoms with van der Waals surface area (Å²) in [6, 6.07) is 104. The van der Waals surface area contributed by atoms with Gasteiger partial charge in [0.15, 0.2) is 0 Å². The Morgan fingerprint density at radius 2 is 0.822 bits per heavy atom. The molecule has 12 aromatic carbocycles. The van der Waals surface area contributed by atoms with Crippen LogP contribution < -0.4 is 4.90 Å². The summed E-state index contributed by atoms with van der Waals surface area (Å²) in [7, 11) is 0. The molecule has 0 N–H and O–H groups in total. The Morgan fingerprint density at radius 1 is 0.288 bits per heavy atom. The first-order valence-electron chi connectivity index (χ1n) is 25.2. The Labute approximate surface area is 425 Å². The summed E-state index contributed by atoms with van der Waals surface area (Å²) in [5, 5.41) is 4.58. The van der Waals surface area contributed by atoms with Crippen molar-refractivity contribution in [3.63, 3.8) is 0 Å². The lowest BCUT2D eigenvalue weighted by Crippen LogP contribution is -2.28. The largest absolute Gasteiger partial charge is 0.456 e. The molecule has 13 aromatic rings. The van der Waals surface area contributed by atoms with Gasteiger partial charge in [0.2, 0.25) is 0 Å². The summed E-state index contributed by atoms with van der Waals surface area (Å²) in [6.45, 7) is 0. The second-order valence-electron chi connectivity index (χ2n) is 19.1. The van der Waals surface area contributed by atoms with E-state index in [-0.39, 0.29) is 0 Å². The quantitative estimate of drug-likeness (QED) is 0.143. The molecular formula is C71H47NO. The molecule has 1 heterocycles. The van der Waals surface area contributed by atoms with Gasteiger partial charge >= 0.3 is 0 Å². The van der Waals surface area contributed by atoms with Crippen LogP contribution in [0.4, 0.5) is 17.1 Å². The van der Waals surface area contributed by atoms with Crippen molar-refractivity contribution in [1.29, 1.82) is 0 Å². The second-order valence-corrected chi connectivity index (χ2v) is 19.1. The minimum absolute atomic E-state index is 0.556. The van der Waals surface area contributed by atoms with Crippen molar-refractivity contribution in [3.8, 4) is 55.6 Å². The average molecular weight is 930 g/mol. The van der Waals surface area contributed by atoms with Gasteiger partial charge in [-0.15, -0.1) is 0 Å². The summed E-state index contributed by atoms with van der Waals surface area (Å²) in [5.41, 5.74) is 21.3. The Hall–Kier alpha value is -9.50. The van der Waals surface area contributed by atoms with Crippen LogP contribution in [0.2, 0.25) is 0 Å². The molecule has 2 nitrogen and oxygen atoms in total. The van der Waals surface area contributed by atoms with Gasteiger partial charge in [-0.3, -0.25) is 0 Å². The van der Waals surface area contributed by atoms with Crippen LogP contribution in [0.25, 0.3) is 88.3 Å². The second kappa shape index (κ2) is 17.4. The van der Waals surface area contributed by atoms with Gasteiger partial charge in [-0.05, 0) is 132 Å². The maximum Gasteiger partial charge on any atom is 0.136 e. The minimum Gasteiger partial charge on any atom is -0.456 e. The highest BCUT2D eigenvalue weighted by atomic mass is 16.3. The van der Waals surface area contributed by atoms with E-state index in [1.807, 2.05) is 0 Å². The van der Waals surface area contributed by atoms with E-state index in [1.165, 1.54) is 66.4 Å². The number of anilines is 3. The highest BCUT2D eigenvalue weighted by molar-refractivity contribution is 6.11. The first-order valence-corrected chi connectivity index (χ1v) is 25.2. The van der Waals surface area contributed by atoms with Gasteiger partial charge in [0.05, 0.1) is 16.8 Å². The molecule has 2 heteroatoms. The first-order chi connectivity index (χ1) is 36.2. The van der Waals surface area contributed by atoms with E-state index in [2.05, 4.69) is 290 Å². The van der Waals surface area contributed by atoms with E-state index in [4.69, 9.17) is 4.42 Å². The maximum atomic E-state index is 6.54. The van der Waals surface area contributed by atoms with Crippen molar-refractivity contribution >= 4 is 49.8 Å². The van der Waals surface area contributed by atoms with Gasteiger partial charge in [0, 0.05) is 27.6 Å². The molecule has 342 valence electrons. The lowest BCUT2D eigenvalue weighted by atomic mass is 9.68. The smallest absolute Gasteiger partial charge is 0.136 e. The Morgan fingerprint density at radius 3 is 1.53 bits per heavy atom. The zero-order valence-electron chi connectivity index (χ0n) is 40.0. The number of fused-ring (bicyclic) bond motifs is 7. The molecule has 0 aliphatic heterocycles. The molecule has 0 saturated heterocycles. The van der Waals surface area contributed by atoms with Crippen molar-refractivity contribution in [3.05, 3.63) is 307 Å². The number of rotatable bonds is 9. The molecule has 14 rings (SSSR count). The number of nitrogens with zero attached hydrogens (tertiary/aromatic N) is 1. The lowest BCUT2D eigenvalue weighted by molar-refractivity contribution is 0.669. The predicted molar refractivity (Wildman–Crippen MR) is 305 cm³/mol. The maximum absolute atomic E-state index is 6.54. The molecule has 0 amide bonds. The van der Waals surface area contributed by atoms with Gasteiger partial charge in [0.1, 0.15) is 11.2 Å². The fourth-order valence-electron chi connectivity index (χ4n) is 11.9. The van der Waals surface area contributed by atoms with E-state index in [9.17, 15) is 0 Å². The van der Waals surface area contributed by atoms with Crippen LogP contribution >= 0.6 is 0 Å². The van der Waals surface area contributed by atoms with Crippen LogP contribution in [0.15, 0.2) is 290 Å². The summed E-state index contributed by atoms with van der Waals surface area (Å²) < 4.78 is 6.54. The van der Waals surface area contributed by atoms with E-state index in [1.54, 1.807) is 0 Å². The molecule has 0 unspecified atom stereocenters. The van der Waals surface area contributed by atoms with Gasteiger partial charge < -0.3 is 9.32 Å².